The molecule has 5 heteroatoms. The summed E-state index contributed by atoms with van der Waals surface area (Å²) in [7, 11) is 0. The third-order valence-corrected chi connectivity index (χ3v) is 3.96. The molecule has 0 aliphatic carbocycles. The van der Waals surface area contributed by atoms with E-state index in [0.29, 0.717) is 21.5 Å². The Labute approximate surface area is 138 Å². The zero-order valence-electron chi connectivity index (χ0n) is 12.5. The number of carbonyl (C=O) groups is 1. The van der Waals surface area contributed by atoms with Gasteiger partial charge in [0.1, 0.15) is 0 Å². The number of carbonyl (C=O) groups excluding carboxylic acids is 1. The number of benzene rings is 2. The summed E-state index contributed by atoms with van der Waals surface area (Å²) >= 11 is 5.88. The summed E-state index contributed by atoms with van der Waals surface area (Å²) in [6.07, 6.45) is 0. The SMILES string of the molecule is C[C@H](NC(=O)c1cc(=O)[nH]c2ccccc12)c1ccc(Cl)cc1. The molecule has 1 aromatic heterocycles. The van der Waals surface area contributed by atoms with Crippen molar-refractivity contribution in [2.24, 2.45) is 0 Å². The van der Waals surface area contributed by atoms with Crippen LogP contribution in [0.2, 0.25) is 5.02 Å². The maximum atomic E-state index is 12.6. The lowest BCUT2D eigenvalue weighted by Crippen LogP contribution is -2.28. The zero-order valence-corrected chi connectivity index (χ0v) is 13.2. The van der Waals surface area contributed by atoms with Crippen LogP contribution in [0.4, 0.5) is 0 Å². The number of para-hydroxylation sites is 1. The van der Waals surface area contributed by atoms with Crippen molar-refractivity contribution >= 4 is 28.4 Å². The molecule has 1 amide bonds. The number of halogens is 1. The third kappa shape index (κ3) is 3.27. The molecule has 0 bridgehead atoms. The highest BCUT2D eigenvalue weighted by atomic mass is 35.5. The lowest BCUT2D eigenvalue weighted by atomic mass is 10.1. The van der Waals surface area contributed by atoms with Gasteiger partial charge in [0.05, 0.1) is 11.6 Å². The summed E-state index contributed by atoms with van der Waals surface area (Å²) in [6.45, 7) is 1.89. The molecule has 0 unspecified atom stereocenters. The van der Waals surface area contributed by atoms with Crippen molar-refractivity contribution in [1.82, 2.24) is 10.3 Å². The van der Waals surface area contributed by atoms with E-state index in [4.69, 9.17) is 11.6 Å². The molecular weight excluding hydrogens is 312 g/mol. The molecular formula is C18H15ClN2O2. The average Bonchev–Trinajstić information content (AvgIpc) is 2.54. The van der Waals surface area contributed by atoms with Gasteiger partial charge in [0.2, 0.25) is 5.56 Å². The lowest BCUT2D eigenvalue weighted by Gasteiger charge is -2.15. The van der Waals surface area contributed by atoms with Gasteiger partial charge >= 0.3 is 0 Å². The Hall–Kier alpha value is -2.59. The molecule has 3 aromatic rings. The molecule has 0 fully saturated rings. The fraction of sp³-hybridized carbons (Fsp3) is 0.111. The standard InChI is InChI=1S/C18H15ClN2O2/c1-11(12-6-8-13(19)9-7-12)20-18(23)15-10-17(22)21-16-5-3-2-4-14(15)16/h2-11H,1H3,(H,20,23)(H,21,22)/t11-/m0/s1. The highest BCUT2D eigenvalue weighted by Crippen LogP contribution is 2.18. The number of rotatable bonds is 3. The molecule has 1 atom stereocenters. The van der Waals surface area contributed by atoms with E-state index in [0.717, 1.165) is 5.56 Å². The highest BCUT2D eigenvalue weighted by Gasteiger charge is 2.15. The summed E-state index contributed by atoms with van der Waals surface area (Å²) in [5.41, 5.74) is 1.65. The first-order valence-electron chi connectivity index (χ1n) is 7.23. The van der Waals surface area contributed by atoms with E-state index in [-0.39, 0.29) is 17.5 Å². The van der Waals surface area contributed by atoms with Gasteiger partial charge in [-0.3, -0.25) is 9.59 Å². The molecule has 0 radical (unpaired) electrons. The second kappa shape index (κ2) is 6.26. The van der Waals surface area contributed by atoms with Crippen LogP contribution in [0.5, 0.6) is 0 Å². The number of nitrogens with one attached hydrogen (secondary N) is 2. The van der Waals surface area contributed by atoms with Crippen molar-refractivity contribution < 1.29 is 4.79 Å². The molecule has 116 valence electrons. The van der Waals surface area contributed by atoms with Gasteiger partial charge in [-0.25, -0.2) is 0 Å². The van der Waals surface area contributed by atoms with Crippen molar-refractivity contribution in [2.75, 3.05) is 0 Å². The van der Waals surface area contributed by atoms with Gasteiger partial charge in [-0.1, -0.05) is 41.9 Å². The smallest absolute Gasteiger partial charge is 0.252 e. The topological polar surface area (TPSA) is 62.0 Å². The number of aromatic amines is 1. The van der Waals surface area contributed by atoms with Crippen molar-refractivity contribution in [3.05, 3.63) is 81.1 Å². The molecule has 4 nitrogen and oxygen atoms in total. The molecule has 3 rings (SSSR count). The number of hydrogen-bond donors (Lipinski definition) is 2. The second-order valence-electron chi connectivity index (χ2n) is 5.34. The van der Waals surface area contributed by atoms with Gasteiger partial charge < -0.3 is 10.3 Å². The molecule has 23 heavy (non-hydrogen) atoms. The van der Waals surface area contributed by atoms with Crippen LogP contribution in [-0.2, 0) is 0 Å². The van der Waals surface area contributed by atoms with E-state index in [1.54, 1.807) is 18.2 Å². The van der Waals surface area contributed by atoms with Crippen LogP contribution >= 0.6 is 11.6 Å². The van der Waals surface area contributed by atoms with E-state index in [1.165, 1.54) is 6.07 Å². The quantitative estimate of drug-likeness (QED) is 0.771. The number of pyridine rings is 1. The fourth-order valence-corrected chi connectivity index (χ4v) is 2.63. The Morgan fingerprint density at radius 2 is 1.83 bits per heavy atom. The van der Waals surface area contributed by atoms with Gasteiger partial charge in [0.25, 0.3) is 5.91 Å². The first-order valence-corrected chi connectivity index (χ1v) is 7.61. The maximum absolute atomic E-state index is 12.6. The number of H-pyrrole nitrogens is 1. The van der Waals surface area contributed by atoms with Gasteiger partial charge in [-0.05, 0) is 30.7 Å². The predicted molar refractivity (Wildman–Crippen MR) is 91.9 cm³/mol. The Kier molecular flexibility index (Phi) is 4.17. The molecule has 2 aromatic carbocycles. The van der Waals surface area contributed by atoms with Crippen molar-refractivity contribution in [2.45, 2.75) is 13.0 Å². The molecule has 0 spiro atoms. The van der Waals surface area contributed by atoms with Crippen LogP contribution in [0.1, 0.15) is 28.9 Å². The van der Waals surface area contributed by atoms with Gasteiger partial charge in [-0.15, -0.1) is 0 Å². The number of amides is 1. The van der Waals surface area contributed by atoms with E-state index in [1.807, 2.05) is 37.3 Å². The zero-order chi connectivity index (χ0) is 16.4. The summed E-state index contributed by atoms with van der Waals surface area (Å²) in [5.74, 6) is -0.283. The van der Waals surface area contributed by atoms with Crippen molar-refractivity contribution in [3.63, 3.8) is 0 Å². The minimum absolute atomic E-state index is 0.196. The van der Waals surface area contributed by atoms with Crippen LogP contribution in [0.25, 0.3) is 10.9 Å². The largest absolute Gasteiger partial charge is 0.345 e. The maximum Gasteiger partial charge on any atom is 0.252 e. The van der Waals surface area contributed by atoms with Gasteiger partial charge in [0, 0.05) is 22.0 Å². The monoisotopic (exact) mass is 326 g/mol. The van der Waals surface area contributed by atoms with E-state index in [9.17, 15) is 9.59 Å². The predicted octanol–water partition coefficient (Wildman–Crippen LogP) is 3.67. The second-order valence-corrected chi connectivity index (χ2v) is 5.78. The molecule has 0 saturated heterocycles. The van der Waals surface area contributed by atoms with Crippen LogP contribution in [0.15, 0.2) is 59.4 Å². The first-order chi connectivity index (χ1) is 11.0. The van der Waals surface area contributed by atoms with Gasteiger partial charge in [0.15, 0.2) is 0 Å². The van der Waals surface area contributed by atoms with Gasteiger partial charge in [-0.2, -0.15) is 0 Å². The third-order valence-electron chi connectivity index (χ3n) is 3.71. The Morgan fingerprint density at radius 1 is 1.13 bits per heavy atom. The molecule has 0 aliphatic heterocycles. The van der Waals surface area contributed by atoms with Crippen LogP contribution < -0.4 is 10.9 Å². The number of aromatic nitrogens is 1. The molecule has 0 saturated carbocycles. The fourth-order valence-electron chi connectivity index (χ4n) is 2.50. The van der Waals surface area contributed by atoms with E-state index < -0.39 is 0 Å². The number of hydrogen-bond acceptors (Lipinski definition) is 2. The minimum atomic E-state index is -0.298. The Balaban J connectivity index is 1.91. The highest BCUT2D eigenvalue weighted by molar-refractivity contribution is 6.30. The summed E-state index contributed by atoms with van der Waals surface area (Å²) in [5, 5.41) is 4.28. The van der Waals surface area contributed by atoms with E-state index >= 15 is 0 Å². The van der Waals surface area contributed by atoms with Crippen molar-refractivity contribution in [3.8, 4) is 0 Å². The summed E-state index contributed by atoms with van der Waals surface area (Å²) in [6, 6.07) is 15.7. The minimum Gasteiger partial charge on any atom is -0.345 e. The summed E-state index contributed by atoms with van der Waals surface area (Å²) < 4.78 is 0. The van der Waals surface area contributed by atoms with E-state index in [2.05, 4.69) is 10.3 Å². The van der Waals surface area contributed by atoms with Crippen LogP contribution in [0.3, 0.4) is 0 Å². The molecule has 2 N–H and O–H groups in total. The number of fused-ring (bicyclic) bond motifs is 1. The van der Waals surface area contributed by atoms with Crippen LogP contribution in [0, 0.1) is 0 Å². The van der Waals surface area contributed by atoms with Crippen LogP contribution in [-0.4, -0.2) is 10.9 Å². The summed E-state index contributed by atoms with van der Waals surface area (Å²) in [4.78, 5) is 27.0. The lowest BCUT2D eigenvalue weighted by molar-refractivity contribution is 0.0941. The van der Waals surface area contributed by atoms with Crippen molar-refractivity contribution in [1.29, 1.82) is 0 Å². The first kappa shape index (κ1) is 15.3. The average molecular weight is 327 g/mol. The Morgan fingerprint density at radius 3 is 2.57 bits per heavy atom. The molecule has 0 aliphatic rings. The normalized spacial score (nSPS) is 12.1. The Bertz CT molecular complexity index is 916. The molecule has 1 heterocycles.